The van der Waals surface area contributed by atoms with Crippen LogP contribution >= 0.6 is 0 Å². The van der Waals surface area contributed by atoms with Gasteiger partial charge in [-0.2, -0.15) is 0 Å². The van der Waals surface area contributed by atoms with Crippen LogP contribution in [0.5, 0.6) is 0 Å². The van der Waals surface area contributed by atoms with Gasteiger partial charge in [0.05, 0.1) is 0 Å². The van der Waals surface area contributed by atoms with Gasteiger partial charge in [-0.3, -0.25) is 0 Å². The van der Waals surface area contributed by atoms with Crippen molar-refractivity contribution in [3.63, 3.8) is 0 Å². The van der Waals surface area contributed by atoms with Crippen LogP contribution in [-0.4, -0.2) is 39.3 Å². The normalized spacial score (nSPS) is 19.1. The van der Waals surface area contributed by atoms with Crippen LogP contribution in [0.4, 0.5) is 11.4 Å². The molecule has 118 valence electrons. The summed E-state index contributed by atoms with van der Waals surface area (Å²) in [5.74, 6) is 0.758. The van der Waals surface area contributed by atoms with Gasteiger partial charge in [0, 0.05) is 50.6 Å². The Morgan fingerprint density at radius 1 is 1.29 bits per heavy atom. The van der Waals surface area contributed by atoms with Crippen molar-refractivity contribution in [3.8, 4) is 0 Å². The molecule has 1 atom stereocenters. The van der Waals surface area contributed by atoms with E-state index in [1.165, 1.54) is 36.4 Å². The van der Waals surface area contributed by atoms with Crippen LogP contribution in [0.15, 0.2) is 18.2 Å². The highest BCUT2D eigenvalue weighted by molar-refractivity contribution is 5.63. The minimum atomic E-state index is 0.218. The Bertz CT molecular complexity index is 474. The van der Waals surface area contributed by atoms with Crippen molar-refractivity contribution in [2.75, 3.05) is 43.5 Å². The fraction of sp³-hybridized carbons (Fsp3) is 0.667. The summed E-state index contributed by atoms with van der Waals surface area (Å²) in [6, 6.07) is 6.84. The average Bonchev–Trinajstić information content (AvgIpc) is 2.84. The molecular weight excluding hydrogens is 258 g/mol. The van der Waals surface area contributed by atoms with Gasteiger partial charge in [0.2, 0.25) is 0 Å². The third-order valence-electron chi connectivity index (χ3n) is 4.25. The first-order valence-corrected chi connectivity index (χ1v) is 8.04. The van der Waals surface area contributed by atoms with E-state index in [1.54, 1.807) is 0 Å². The first kappa shape index (κ1) is 16.2. The minimum Gasteiger partial charge on any atom is -0.377 e. The largest absolute Gasteiger partial charge is 0.377 e. The zero-order valence-electron chi connectivity index (χ0n) is 14.5. The Balaban J connectivity index is 2.00. The Kier molecular flexibility index (Phi) is 4.82. The summed E-state index contributed by atoms with van der Waals surface area (Å²) in [5.41, 5.74) is 4.25. The van der Waals surface area contributed by atoms with E-state index in [0.717, 1.165) is 12.5 Å². The predicted octanol–water partition coefficient (Wildman–Crippen LogP) is 3.28. The molecule has 21 heavy (non-hydrogen) atoms. The van der Waals surface area contributed by atoms with Crippen LogP contribution in [-0.2, 0) is 0 Å². The molecule has 0 amide bonds. The third-order valence-corrected chi connectivity index (χ3v) is 4.25. The van der Waals surface area contributed by atoms with Crippen molar-refractivity contribution in [1.82, 2.24) is 5.32 Å². The maximum atomic E-state index is 3.64. The van der Waals surface area contributed by atoms with E-state index < -0.39 is 0 Å². The minimum absolute atomic E-state index is 0.218. The van der Waals surface area contributed by atoms with Gasteiger partial charge in [0.1, 0.15) is 0 Å². The molecule has 0 saturated carbocycles. The molecule has 0 aromatic heterocycles. The second kappa shape index (κ2) is 6.27. The van der Waals surface area contributed by atoms with Crippen molar-refractivity contribution in [2.24, 2.45) is 5.92 Å². The van der Waals surface area contributed by atoms with Crippen LogP contribution in [0.25, 0.3) is 0 Å². The lowest BCUT2D eigenvalue weighted by atomic mass is 10.1. The van der Waals surface area contributed by atoms with Gasteiger partial charge in [-0.1, -0.05) is 6.07 Å². The molecule has 0 aliphatic carbocycles. The fourth-order valence-electron chi connectivity index (χ4n) is 2.96. The van der Waals surface area contributed by atoms with Crippen LogP contribution in [0.3, 0.4) is 0 Å². The van der Waals surface area contributed by atoms with Crippen LogP contribution in [0.2, 0.25) is 0 Å². The lowest BCUT2D eigenvalue weighted by molar-refractivity contribution is 0.383. The monoisotopic (exact) mass is 289 g/mol. The Hall–Kier alpha value is -1.22. The lowest BCUT2D eigenvalue weighted by Crippen LogP contribution is -2.39. The van der Waals surface area contributed by atoms with Crippen LogP contribution in [0, 0.1) is 12.8 Å². The summed E-state index contributed by atoms with van der Waals surface area (Å²) in [7, 11) is 4.23. The van der Waals surface area contributed by atoms with E-state index in [1.807, 2.05) is 0 Å². The van der Waals surface area contributed by atoms with Crippen molar-refractivity contribution in [3.05, 3.63) is 23.8 Å². The number of rotatable bonds is 4. The van der Waals surface area contributed by atoms with Crippen molar-refractivity contribution in [1.29, 1.82) is 0 Å². The molecule has 1 N–H and O–H groups in total. The molecule has 1 aromatic carbocycles. The topological polar surface area (TPSA) is 18.5 Å². The molecule has 3 heteroatoms. The molecule has 0 spiro atoms. The number of hydrogen-bond acceptors (Lipinski definition) is 3. The number of nitrogens with zero attached hydrogens (tertiary/aromatic N) is 2. The standard InChI is InChI=1S/C18H31N3/c1-14-7-8-16(11-17(14)20(5)6)21-10-9-15(13-21)12-19-18(2,3)4/h7-8,11,15,19H,9-10,12-13H2,1-6H3. The van der Waals surface area contributed by atoms with Gasteiger partial charge >= 0.3 is 0 Å². The predicted molar refractivity (Wildman–Crippen MR) is 93.6 cm³/mol. The summed E-state index contributed by atoms with van der Waals surface area (Å²) in [4.78, 5) is 4.73. The summed E-state index contributed by atoms with van der Waals surface area (Å²) < 4.78 is 0. The summed E-state index contributed by atoms with van der Waals surface area (Å²) >= 11 is 0. The molecule has 0 radical (unpaired) electrons. The summed E-state index contributed by atoms with van der Waals surface area (Å²) in [5, 5.41) is 3.64. The quantitative estimate of drug-likeness (QED) is 0.918. The molecular formula is C18H31N3. The Labute approximate surface area is 130 Å². The van der Waals surface area contributed by atoms with Gasteiger partial charge in [-0.15, -0.1) is 0 Å². The van der Waals surface area contributed by atoms with Crippen molar-refractivity contribution in [2.45, 2.75) is 39.7 Å². The average molecular weight is 289 g/mol. The smallest absolute Gasteiger partial charge is 0.0411 e. The first-order chi connectivity index (χ1) is 9.76. The maximum absolute atomic E-state index is 3.64. The zero-order valence-corrected chi connectivity index (χ0v) is 14.5. The number of nitrogens with one attached hydrogen (secondary N) is 1. The molecule has 2 rings (SSSR count). The van der Waals surface area contributed by atoms with Crippen LogP contribution in [0.1, 0.15) is 32.8 Å². The number of aryl methyl sites for hydroxylation is 1. The fourth-order valence-corrected chi connectivity index (χ4v) is 2.96. The van der Waals surface area contributed by atoms with Crippen LogP contribution < -0.4 is 15.1 Å². The Morgan fingerprint density at radius 2 is 2.00 bits per heavy atom. The van der Waals surface area contributed by atoms with Gasteiger partial charge in [-0.25, -0.2) is 0 Å². The summed E-state index contributed by atoms with van der Waals surface area (Å²) in [6.07, 6.45) is 1.29. The highest BCUT2D eigenvalue weighted by Crippen LogP contribution is 2.29. The van der Waals surface area contributed by atoms with Gasteiger partial charge in [-0.05, 0) is 57.7 Å². The molecule has 0 bridgehead atoms. The molecule has 1 aromatic rings. The van der Waals surface area contributed by atoms with E-state index in [4.69, 9.17) is 0 Å². The molecule has 1 aliphatic rings. The van der Waals surface area contributed by atoms with E-state index >= 15 is 0 Å². The first-order valence-electron chi connectivity index (χ1n) is 8.04. The lowest BCUT2D eigenvalue weighted by Gasteiger charge is -2.25. The molecule has 1 fully saturated rings. The summed E-state index contributed by atoms with van der Waals surface area (Å²) in [6.45, 7) is 12.4. The molecule has 1 saturated heterocycles. The van der Waals surface area contributed by atoms with E-state index in [-0.39, 0.29) is 5.54 Å². The van der Waals surface area contributed by atoms with Crippen molar-refractivity contribution < 1.29 is 0 Å². The van der Waals surface area contributed by atoms with Crippen molar-refractivity contribution >= 4 is 11.4 Å². The molecule has 1 aliphatic heterocycles. The van der Waals surface area contributed by atoms with E-state index in [0.29, 0.717) is 0 Å². The maximum Gasteiger partial charge on any atom is 0.0411 e. The SMILES string of the molecule is Cc1ccc(N2CCC(CNC(C)(C)C)C2)cc1N(C)C. The van der Waals surface area contributed by atoms with E-state index in [2.05, 4.69) is 75.1 Å². The highest BCUT2D eigenvalue weighted by atomic mass is 15.2. The number of anilines is 2. The number of hydrogen-bond donors (Lipinski definition) is 1. The van der Waals surface area contributed by atoms with Gasteiger partial charge in [0.15, 0.2) is 0 Å². The molecule has 3 nitrogen and oxygen atoms in total. The second-order valence-corrected chi connectivity index (χ2v) is 7.60. The van der Waals surface area contributed by atoms with Gasteiger partial charge in [0.25, 0.3) is 0 Å². The zero-order chi connectivity index (χ0) is 15.6. The number of benzene rings is 1. The highest BCUT2D eigenvalue weighted by Gasteiger charge is 2.24. The molecule has 1 unspecified atom stereocenters. The third kappa shape index (κ3) is 4.37. The molecule has 1 heterocycles. The van der Waals surface area contributed by atoms with Gasteiger partial charge < -0.3 is 15.1 Å². The second-order valence-electron chi connectivity index (χ2n) is 7.60. The Morgan fingerprint density at radius 3 is 2.62 bits per heavy atom. The van der Waals surface area contributed by atoms with E-state index in [9.17, 15) is 0 Å².